The van der Waals surface area contributed by atoms with Crippen molar-refractivity contribution in [2.45, 2.75) is 91.8 Å². The molecule has 0 spiro atoms. The number of carbonyl (C=O) groups excluding carboxylic acids is 2. The molecule has 0 aliphatic heterocycles. The van der Waals surface area contributed by atoms with Gasteiger partial charge in [0.1, 0.15) is 18.0 Å². The number of fused-ring (bicyclic) bond motifs is 5. The van der Waals surface area contributed by atoms with Crippen LogP contribution in [0.25, 0.3) is 0 Å². The minimum absolute atomic E-state index is 0.0833. The van der Waals surface area contributed by atoms with Gasteiger partial charge in [0.15, 0.2) is 0 Å². The summed E-state index contributed by atoms with van der Waals surface area (Å²) in [4.78, 5) is 25.3. The number of allylic oxidation sites excluding steroid dienone is 1. The van der Waals surface area contributed by atoms with E-state index in [0.29, 0.717) is 12.3 Å². The van der Waals surface area contributed by atoms with Crippen molar-refractivity contribution in [3.8, 4) is 0 Å². The van der Waals surface area contributed by atoms with Crippen molar-refractivity contribution in [2.75, 3.05) is 0 Å². The van der Waals surface area contributed by atoms with Crippen molar-refractivity contribution >= 4 is 11.8 Å². The van der Waals surface area contributed by atoms with Gasteiger partial charge in [-0.3, -0.25) is 9.59 Å². The summed E-state index contributed by atoms with van der Waals surface area (Å²) in [7, 11) is 0. The van der Waals surface area contributed by atoms with Crippen LogP contribution in [-0.4, -0.2) is 29.1 Å². The van der Waals surface area contributed by atoms with Crippen molar-refractivity contribution < 1.29 is 23.8 Å². The lowest BCUT2D eigenvalue weighted by atomic mass is 9.36. The van der Waals surface area contributed by atoms with Gasteiger partial charge in [-0.05, 0) is 60.0 Å². The molecule has 5 rings (SSSR count). The van der Waals surface area contributed by atoms with Gasteiger partial charge in [0, 0.05) is 30.1 Å². The van der Waals surface area contributed by atoms with E-state index in [0.717, 1.165) is 25.7 Å². The van der Waals surface area contributed by atoms with Crippen LogP contribution in [0.3, 0.4) is 0 Å². The van der Waals surface area contributed by atoms with Gasteiger partial charge in [-0.25, -0.2) is 0 Å². The van der Waals surface area contributed by atoms with Gasteiger partial charge in [0.2, 0.25) is 0 Å². The van der Waals surface area contributed by atoms with Crippen LogP contribution in [0, 0.1) is 33.5 Å². The van der Waals surface area contributed by atoms with Crippen molar-refractivity contribution in [1.82, 2.24) is 0 Å². The molecule has 1 heterocycles. The third-order valence-corrected chi connectivity index (χ3v) is 10.6. The maximum absolute atomic E-state index is 13.1. The van der Waals surface area contributed by atoms with Crippen molar-refractivity contribution in [1.29, 1.82) is 0 Å². The Bertz CT molecular complexity index is 1010. The number of aliphatic hydroxyl groups excluding tert-OH is 1. The lowest BCUT2D eigenvalue weighted by Gasteiger charge is -2.68. The molecule has 8 atom stereocenters. The van der Waals surface area contributed by atoms with E-state index in [1.165, 1.54) is 18.1 Å². The Morgan fingerprint density at radius 3 is 2.55 bits per heavy atom. The van der Waals surface area contributed by atoms with Gasteiger partial charge < -0.3 is 14.3 Å². The number of furan rings is 1. The molecule has 1 N–H and O–H groups in total. The largest absolute Gasteiger partial charge is 0.472 e. The fourth-order valence-corrected chi connectivity index (χ4v) is 9.23. The van der Waals surface area contributed by atoms with Gasteiger partial charge >= 0.3 is 5.97 Å². The quantitative estimate of drug-likeness (QED) is 0.476. The van der Waals surface area contributed by atoms with E-state index < -0.39 is 29.0 Å². The minimum Gasteiger partial charge on any atom is -0.472 e. The first-order chi connectivity index (χ1) is 15.4. The number of ketones is 1. The number of carbonyl (C=O) groups is 2. The van der Waals surface area contributed by atoms with Crippen LogP contribution in [0.5, 0.6) is 0 Å². The number of esters is 1. The zero-order valence-electron chi connectivity index (χ0n) is 20.8. The van der Waals surface area contributed by atoms with E-state index in [9.17, 15) is 14.7 Å². The molecule has 1 aromatic heterocycles. The third-order valence-electron chi connectivity index (χ3n) is 10.6. The third kappa shape index (κ3) is 2.81. The smallest absolute Gasteiger partial charge is 0.303 e. The normalized spacial score (nSPS) is 46.1. The maximum Gasteiger partial charge on any atom is 0.303 e. The second kappa shape index (κ2) is 7.07. The summed E-state index contributed by atoms with van der Waals surface area (Å²) in [5.74, 6) is 0.135. The Hall–Kier alpha value is -1.88. The van der Waals surface area contributed by atoms with Crippen molar-refractivity contribution in [2.24, 2.45) is 33.5 Å². The molecule has 0 amide bonds. The van der Waals surface area contributed by atoms with Crippen LogP contribution in [0.2, 0.25) is 0 Å². The molecular formula is C28H38O5. The Morgan fingerprint density at radius 2 is 1.91 bits per heavy atom. The number of aliphatic hydroxyl groups is 1. The molecule has 33 heavy (non-hydrogen) atoms. The summed E-state index contributed by atoms with van der Waals surface area (Å²) < 4.78 is 11.4. The molecule has 4 aliphatic carbocycles. The Morgan fingerprint density at radius 1 is 1.18 bits per heavy atom. The molecule has 5 nitrogen and oxygen atoms in total. The highest BCUT2D eigenvalue weighted by atomic mass is 16.6. The second-order valence-corrected chi connectivity index (χ2v) is 12.4. The van der Waals surface area contributed by atoms with Gasteiger partial charge in [0.25, 0.3) is 0 Å². The summed E-state index contributed by atoms with van der Waals surface area (Å²) in [5.41, 5.74) is 1.05. The van der Waals surface area contributed by atoms with E-state index in [2.05, 4.69) is 32.9 Å². The predicted octanol–water partition coefficient (Wildman–Crippen LogP) is 5.43. The molecule has 0 unspecified atom stereocenters. The van der Waals surface area contributed by atoms with Crippen LogP contribution in [0.15, 0.2) is 34.7 Å². The van der Waals surface area contributed by atoms with Gasteiger partial charge in [-0.2, -0.15) is 0 Å². The molecule has 180 valence electrons. The van der Waals surface area contributed by atoms with Gasteiger partial charge in [0.05, 0.1) is 12.5 Å². The first kappa shape index (κ1) is 22.9. The number of ether oxygens (including phenoxy) is 1. The average Bonchev–Trinajstić information content (AvgIpc) is 3.36. The van der Waals surface area contributed by atoms with E-state index in [4.69, 9.17) is 9.15 Å². The standard InChI is InChI=1S/C28H38O5/c1-16(29)33-22-23-25(2,3)21(30)10-13-27(23,5)20-9-12-26(4)18(17-11-14-32-15-17)7-8-19(26)28(20,6)24(22)31/h8,11,14-15,18,20,22-24,31H,7,9-10,12-13H2,1-6H3/t18-,20+,22+,23-,24+,26-,27+,28-/m0/s1. The second-order valence-electron chi connectivity index (χ2n) is 12.4. The van der Waals surface area contributed by atoms with Crippen molar-refractivity contribution in [3.63, 3.8) is 0 Å². The maximum atomic E-state index is 13.1. The molecule has 5 heteroatoms. The van der Waals surface area contributed by atoms with E-state index in [1.54, 1.807) is 6.26 Å². The lowest BCUT2D eigenvalue weighted by Crippen LogP contribution is -2.70. The molecule has 0 radical (unpaired) electrons. The Labute approximate surface area is 197 Å². The molecular weight excluding hydrogens is 416 g/mol. The summed E-state index contributed by atoms with van der Waals surface area (Å²) in [6.45, 7) is 12.2. The zero-order valence-corrected chi connectivity index (χ0v) is 20.8. The first-order valence-corrected chi connectivity index (χ1v) is 12.5. The summed E-state index contributed by atoms with van der Waals surface area (Å²) in [6.07, 6.45) is 8.64. The zero-order chi connectivity index (χ0) is 24.0. The highest BCUT2D eigenvalue weighted by molar-refractivity contribution is 5.85. The van der Waals surface area contributed by atoms with Crippen LogP contribution in [0.4, 0.5) is 0 Å². The molecule has 4 aliphatic rings. The molecule has 0 bridgehead atoms. The van der Waals surface area contributed by atoms with Crippen LogP contribution >= 0.6 is 0 Å². The number of hydrogen-bond donors (Lipinski definition) is 1. The molecule has 0 saturated heterocycles. The summed E-state index contributed by atoms with van der Waals surface area (Å²) >= 11 is 0. The highest BCUT2D eigenvalue weighted by Crippen LogP contribution is 2.73. The number of Topliss-reactive ketones (excluding diaryl/α,β-unsaturated/α-hetero) is 1. The van der Waals surface area contributed by atoms with Gasteiger partial charge in [-0.1, -0.05) is 46.3 Å². The summed E-state index contributed by atoms with van der Waals surface area (Å²) in [5, 5.41) is 12.1. The number of hydrogen-bond acceptors (Lipinski definition) is 5. The predicted molar refractivity (Wildman–Crippen MR) is 124 cm³/mol. The number of rotatable bonds is 2. The molecule has 1 aromatic rings. The lowest BCUT2D eigenvalue weighted by molar-refractivity contribution is -0.245. The topological polar surface area (TPSA) is 76.7 Å². The van der Waals surface area contributed by atoms with Crippen LogP contribution < -0.4 is 0 Å². The molecule has 0 aromatic carbocycles. The molecule has 3 saturated carbocycles. The average molecular weight is 455 g/mol. The SMILES string of the molecule is CC(=O)O[C@H]1[C@@H](O)[C@@]2(C)C3=CC[C@@H](c4ccoc4)[C@]3(C)CC[C@@H]2[C@@]2(C)CCC(=O)C(C)(C)[C@H]12. The van der Waals surface area contributed by atoms with E-state index >= 15 is 0 Å². The van der Waals surface area contributed by atoms with Crippen molar-refractivity contribution in [3.05, 3.63) is 35.8 Å². The molecule has 3 fully saturated rings. The van der Waals surface area contributed by atoms with E-state index in [-0.39, 0.29) is 28.4 Å². The van der Waals surface area contributed by atoms with E-state index in [1.807, 2.05) is 20.1 Å². The Balaban J connectivity index is 1.65. The Kier molecular flexibility index (Phi) is 4.90. The summed E-state index contributed by atoms with van der Waals surface area (Å²) in [6, 6.07) is 2.06. The minimum atomic E-state index is -0.858. The fraction of sp³-hybridized carbons (Fsp3) is 0.714. The van der Waals surface area contributed by atoms with Crippen LogP contribution in [-0.2, 0) is 14.3 Å². The fourth-order valence-electron chi connectivity index (χ4n) is 9.23. The highest BCUT2D eigenvalue weighted by Gasteiger charge is 2.72. The van der Waals surface area contributed by atoms with Gasteiger partial charge in [-0.15, -0.1) is 0 Å². The monoisotopic (exact) mass is 454 g/mol. The van der Waals surface area contributed by atoms with Crippen LogP contribution in [0.1, 0.15) is 85.1 Å². The first-order valence-electron chi connectivity index (χ1n) is 12.5.